The summed E-state index contributed by atoms with van der Waals surface area (Å²) in [6, 6.07) is 11.5. The first kappa shape index (κ1) is 17.0. The minimum Gasteiger partial charge on any atom is -0.388 e. The number of fused-ring (bicyclic) bond motifs is 1. The van der Waals surface area contributed by atoms with Gasteiger partial charge in [0.05, 0.1) is 4.92 Å². The predicted molar refractivity (Wildman–Crippen MR) is 102 cm³/mol. The fourth-order valence-electron chi connectivity index (χ4n) is 3.44. The molecule has 4 aliphatic rings. The van der Waals surface area contributed by atoms with Gasteiger partial charge in [0.25, 0.3) is 0 Å². The van der Waals surface area contributed by atoms with Crippen LogP contribution in [0.25, 0.3) is 11.1 Å². The minimum atomic E-state index is -0.404. The molecule has 2 aliphatic carbocycles. The topological polar surface area (TPSA) is 80.9 Å². The predicted octanol–water partition coefficient (Wildman–Crippen LogP) is 3.41. The van der Waals surface area contributed by atoms with Crippen LogP contribution in [0, 0.1) is 22.5 Å². The van der Waals surface area contributed by atoms with Crippen molar-refractivity contribution in [3.63, 3.8) is 0 Å². The molecule has 7 heteroatoms. The molecule has 1 spiro atoms. The molecule has 1 aromatic rings. The van der Waals surface area contributed by atoms with Crippen LogP contribution in [0.3, 0.4) is 0 Å². The van der Waals surface area contributed by atoms with E-state index in [1.807, 2.05) is 4.90 Å². The third-order valence-corrected chi connectivity index (χ3v) is 5.06. The molecule has 0 aromatic carbocycles. The summed E-state index contributed by atoms with van der Waals surface area (Å²) in [5, 5.41) is 15.0. The van der Waals surface area contributed by atoms with E-state index in [0.717, 1.165) is 12.8 Å². The zero-order valence-corrected chi connectivity index (χ0v) is 14.7. The van der Waals surface area contributed by atoms with Gasteiger partial charge in [-0.05, 0) is 23.3 Å². The average molecular weight is 362 g/mol. The van der Waals surface area contributed by atoms with Crippen molar-refractivity contribution in [1.29, 1.82) is 0 Å². The highest BCUT2D eigenvalue weighted by Gasteiger charge is 2.42. The number of aromatic nitrogens is 1. The summed E-state index contributed by atoms with van der Waals surface area (Å²) in [6.45, 7) is 1.26. The zero-order valence-electron chi connectivity index (χ0n) is 14.7. The SMILES string of the molecule is C#CC1=NOC2(CCN(c3ncccc3[N+](=O)[O-])CC2)C1.c1cc2cc-2c1. The zero-order chi connectivity index (χ0) is 18.9. The molecule has 2 aliphatic heterocycles. The van der Waals surface area contributed by atoms with Crippen molar-refractivity contribution in [3.8, 4) is 23.5 Å². The highest BCUT2D eigenvalue weighted by molar-refractivity contribution is 6.01. The van der Waals surface area contributed by atoms with Crippen LogP contribution in [0.5, 0.6) is 0 Å². The van der Waals surface area contributed by atoms with Crippen LogP contribution in [-0.2, 0) is 4.84 Å². The lowest BCUT2D eigenvalue weighted by atomic mass is 9.87. The van der Waals surface area contributed by atoms with Gasteiger partial charge in [0.2, 0.25) is 5.82 Å². The normalized spacial score (nSPS) is 17.9. The van der Waals surface area contributed by atoms with E-state index in [1.54, 1.807) is 12.3 Å². The maximum atomic E-state index is 11.1. The Morgan fingerprint density at radius 3 is 2.48 bits per heavy atom. The van der Waals surface area contributed by atoms with Gasteiger partial charge in [-0.1, -0.05) is 29.3 Å². The molecule has 0 bridgehead atoms. The Bertz CT molecular complexity index is 938. The summed E-state index contributed by atoms with van der Waals surface area (Å²) in [5.41, 5.74) is 3.17. The molecule has 0 unspecified atom stereocenters. The van der Waals surface area contributed by atoms with E-state index in [1.165, 1.54) is 17.2 Å². The number of nitro groups is 1. The maximum absolute atomic E-state index is 11.1. The van der Waals surface area contributed by atoms with Crippen molar-refractivity contribution in [1.82, 2.24) is 4.98 Å². The van der Waals surface area contributed by atoms with Gasteiger partial charge in [-0.2, -0.15) is 0 Å². The Morgan fingerprint density at radius 1 is 1.22 bits per heavy atom. The van der Waals surface area contributed by atoms with Crippen LogP contribution in [0.1, 0.15) is 19.3 Å². The molecule has 27 heavy (non-hydrogen) atoms. The molecular formula is C20H18N4O3. The molecular weight excluding hydrogens is 344 g/mol. The Kier molecular flexibility index (Phi) is 4.24. The van der Waals surface area contributed by atoms with E-state index in [2.05, 4.69) is 40.3 Å². The molecule has 0 N–H and O–H groups in total. The smallest absolute Gasteiger partial charge is 0.311 e. The Labute approximate surface area is 156 Å². The molecule has 136 valence electrons. The van der Waals surface area contributed by atoms with Gasteiger partial charge in [0.15, 0.2) is 0 Å². The van der Waals surface area contributed by atoms with Crippen LogP contribution in [0.15, 0.2) is 47.8 Å². The summed E-state index contributed by atoms with van der Waals surface area (Å²) >= 11 is 0. The second-order valence-corrected chi connectivity index (χ2v) is 6.80. The second-order valence-electron chi connectivity index (χ2n) is 6.80. The summed E-state index contributed by atoms with van der Waals surface area (Å²) in [6.07, 6.45) is 8.98. The molecule has 0 amide bonds. The lowest BCUT2D eigenvalue weighted by Gasteiger charge is -2.37. The molecule has 1 fully saturated rings. The summed E-state index contributed by atoms with van der Waals surface area (Å²) < 4.78 is 0. The molecule has 3 heterocycles. The first-order valence-electron chi connectivity index (χ1n) is 8.77. The lowest BCUT2D eigenvalue weighted by Crippen LogP contribution is -2.45. The standard InChI is InChI=1S/C14H14N4O3.C6H4/c1-2-11-10-14(21-16-11)5-8-17(9-6-14)13-12(18(19)20)4-3-7-15-13;1-2-5-4-6(5)3-1/h1,3-4,7H,5-6,8-10H2;1-4H. The van der Waals surface area contributed by atoms with Crippen LogP contribution in [0.2, 0.25) is 0 Å². The van der Waals surface area contributed by atoms with Crippen LogP contribution in [-0.4, -0.2) is 34.3 Å². The average Bonchev–Trinajstić information content (AvgIpc) is 3.10. The van der Waals surface area contributed by atoms with Gasteiger partial charge in [0, 0.05) is 44.6 Å². The van der Waals surface area contributed by atoms with E-state index >= 15 is 0 Å². The molecule has 0 radical (unpaired) electrons. The summed E-state index contributed by atoms with van der Waals surface area (Å²) in [5.74, 6) is 2.92. The number of piperidine rings is 1. The van der Waals surface area contributed by atoms with Gasteiger partial charge in [-0.25, -0.2) is 4.98 Å². The van der Waals surface area contributed by atoms with E-state index in [-0.39, 0.29) is 11.3 Å². The largest absolute Gasteiger partial charge is 0.388 e. The monoisotopic (exact) mass is 362 g/mol. The van der Waals surface area contributed by atoms with Gasteiger partial charge < -0.3 is 9.74 Å². The number of oxime groups is 1. The van der Waals surface area contributed by atoms with Crippen molar-refractivity contribution in [2.75, 3.05) is 18.0 Å². The van der Waals surface area contributed by atoms with Crippen LogP contribution < -0.4 is 4.90 Å². The highest BCUT2D eigenvalue weighted by Crippen LogP contribution is 2.37. The number of terminal acetylenes is 1. The Hall–Kier alpha value is -3.40. The highest BCUT2D eigenvalue weighted by atomic mass is 16.7. The fraction of sp³-hybridized carbons (Fsp3) is 0.300. The number of hydrogen-bond donors (Lipinski definition) is 0. The molecule has 7 nitrogen and oxygen atoms in total. The number of pyridine rings is 1. The van der Waals surface area contributed by atoms with Gasteiger partial charge >= 0.3 is 5.69 Å². The Balaban J connectivity index is 0.000000250. The minimum absolute atomic E-state index is 0.0290. The Morgan fingerprint density at radius 2 is 1.96 bits per heavy atom. The fourth-order valence-corrected chi connectivity index (χ4v) is 3.44. The third-order valence-electron chi connectivity index (χ3n) is 5.06. The van der Waals surface area contributed by atoms with Gasteiger partial charge in [-0.3, -0.25) is 10.1 Å². The lowest BCUT2D eigenvalue weighted by molar-refractivity contribution is -0.384. The van der Waals surface area contributed by atoms with Crippen LogP contribution >= 0.6 is 0 Å². The van der Waals surface area contributed by atoms with Crippen molar-refractivity contribution < 1.29 is 9.76 Å². The molecule has 0 atom stereocenters. The van der Waals surface area contributed by atoms with Crippen molar-refractivity contribution in [2.24, 2.45) is 5.16 Å². The number of hydrogen-bond acceptors (Lipinski definition) is 6. The van der Waals surface area contributed by atoms with Crippen LogP contribution in [0.4, 0.5) is 11.5 Å². The first-order chi connectivity index (χ1) is 13.1. The van der Waals surface area contributed by atoms with E-state index < -0.39 is 4.92 Å². The van der Waals surface area contributed by atoms with Crippen molar-refractivity contribution in [2.45, 2.75) is 24.9 Å². The molecule has 1 saturated heterocycles. The van der Waals surface area contributed by atoms with E-state index in [4.69, 9.17) is 11.3 Å². The number of nitrogens with zero attached hydrogens (tertiary/aromatic N) is 4. The molecule has 5 rings (SSSR count). The summed E-state index contributed by atoms with van der Waals surface area (Å²) in [7, 11) is 0. The van der Waals surface area contributed by atoms with Gasteiger partial charge in [0.1, 0.15) is 11.3 Å². The number of anilines is 1. The number of benzene rings is 1. The first-order valence-corrected chi connectivity index (χ1v) is 8.77. The van der Waals surface area contributed by atoms with Gasteiger partial charge in [-0.15, -0.1) is 6.42 Å². The van der Waals surface area contributed by atoms with Crippen molar-refractivity contribution >= 4 is 17.2 Å². The second kappa shape index (κ2) is 6.72. The summed E-state index contributed by atoms with van der Waals surface area (Å²) in [4.78, 5) is 22.2. The quantitative estimate of drug-likeness (QED) is 0.396. The molecule has 1 aromatic heterocycles. The third kappa shape index (κ3) is 3.47. The van der Waals surface area contributed by atoms with Crippen molar-refractivity contribution in [3.05, 3.63) is 52.7 Å². The van der Waals surface area contributed by atoms with E-state index in [9.17, 15) is 10.1 Å². The molecule has 0 saturated carbocycles. The maximum Gasteiger partial charge on any atom is 0.311 e. The van der Waals surface area contributed by atoms with E-state index in [0.29, 0.717) is 31.0 Å². The number of rotatable bonds is 2.